The number of aromatic nitrogens is 1. The molecule has 0 fully saturated rings. The monoisotopic (exact) mass is 183 g/mol. The van der Waals surface area contributed by atoms with E-state index in [9.17, 15) is 4.79 Å². The molecule has 0 spiro atoms. The minimum atomic E-state index is -0.694. The van der Waals surface area contributed by atoms with Gasteiger partial charge >= 0.3 is 0 Å². The van der Waals surface area contributed by atoms with Crippen LogP contribution in [0.3, 0.4) is 0 Å². The Hall–Kier alpha value is -1.09. The molecule has 0 radical (unpaired) electrons. The molecule has 0 bridgehead atoms. The van der Waals surface area contributed by atoms with Crippen LogP contribution < -0.4 is 5.56 Å². The molecule has 1 heterocycles. The van der Waals surface area contributed by atoms with Crippen LogP contribution >= 0.6 is 0 Å². The van der Waals surface area contributed by atoms with Crippen molar-refractivity contribution in [3.05, 3.63) is 33.7 Å². The lowest BCUT2D eigenvalue weighted by atomic mass is 10.1. The van der Waals surface area contributed by atoms with Crippen LogP contribution in [0.5, 0.6) is 0 Å². The van der Waals surface area contributed by atoms with Gasteiger partial charge in [-0.05, 0) is 25.5 Å². The fraction of sp³-hybridized carbons (Fsp3) is 0.500. The number of aliphatic hydroxyl groups is 1. The first-order valence-corrected chi connectivity index (χ1v) is 4.49. The van der Waals surface area contributed by atoms with Crippen LogP contribution in [0.25, 0.3) is 0 Å². The predicted molar refractivity (Wildman–Crippen MR) is 53.8 cm³/mol. The lowest BCUT2D eigenvalue weighted by molar-refractivity contribution is 0.197. The number of nitrogens with one attached hydrogen (secondary N) is 1. The van der Waals surface area contributed by atoms with E-state index in [-0.39, 0.29) is 5.56 Å². The molecule has 1 aromatic rings. The van der Waals surface area contributed by atoms with E-state index >= 15 is 0 Å². The molecule has 0 aliphatic rings. The van der Waals surface area contributed by atoms with Crippen molar-refractivity contribution >= 4 is 0 Å². The van der Waals surface area contributed by atoms with Gasteiger partial charge in [-0.3, -0.25) is 4.79 Å². The number of pyridine rings is 1. The lowest BCUT2D eigenvalue weighted by Crippen LogP contribution is -2.15. The summed E-state index contributed by atoms with van der Waals surface area (Å²) in [5.74, 6) is 0. The molecule has 3 heteroatoms. The van der Waals surface area contributed by atoms with Gasteiger partial charge in [-0.2, -0.15) is 0 Å². The number of hydrogen-bond donors (Lipinski definition) is 2. The van der Waals surface area contributed by atoms with Crippen molar-refractivity contribution in [1.29, 1.82) is 0 Å². The largest absolute Gasteiger partial charge is 0.388 e. The fourth-order valence-electron chi connectivity index (χ4n) is 1.11. The van der Waals surface area contributed by atoms with Gasteiger partial charge in [-0.25, -0.2) is 0 Å². The fourth-order valence-corrected chi connectivity index (χ4v) is 1.11. The number of H-pyrrole nitrogens is 1. The molecule has 3 nitrogen and oxygen atoms in total. The second-order valence-electron chi connectivity index (χ2n) is 2.58. The van der Waals surface area contributed by atoms with Gasteiger partial charge in [0.1, 0.15) is 0 Å². The molecule has 0 aliphatic heterocycles. The van der Waals surface area contributed by atoms with E-state index in [1.165, 1.54) is 0 Å². The van der Waals surface area contributed by atoms with E-state index in [0.29, 0.717) is 5.56 Å². The first-order valence-electron chi connectivity index (χ1n) is 4.49. The van der Waals surface area contributed by atoms with Gasteiger partial charge in [-0.15, -0.1) is 0 Å². The van der Waals surface area contributed by atoms with Crippen LogP contribution in [0.15, 0.2) is 17.1 Å². The molecule has 0 saturated carbocycles. The highest BCUT2D eigenvalue weighted by Gasteiger charge is 2.07. The number of rotatable bonds is 1. The van der Waals surface area contributed by atoms with Crippen LogP contribution in [-0.4, -0.2) is 10.1 Å². The highest BCUT2D eigenvalue weighted by Crippen LogP contribution is 2.09. The van der Waals surface area contributed by atoms with Gasteiger partial charge in [0.25, 0.3) is 5.56 Å². The van der Waals surface area contributed by atoms with Crippen molar-refractivity contribution in [1.82, 2.24) is 4.98 Å². The second-order valence-corrected chi connectivity index (χ2v) is 2.58. The summed E-state index contributed by atoms with van der Waals surface area (Å²) in [6.07, 6.45) is 0.878. The maximum atomic E-state index is 11.1. The molecule has 1 rings (SSSR count). The third-order valence-electron chi connectivity index (χ3n) is 1.64. The Morgan fingerprint density at radius 2 is 2.00 bits per heavy atom. The molecular formula is C10H17NO2. The predicted octanol–water partition coefficient (Wildman–Crippen LogP) is 1.76. The molecule has 1 atom stereocenters. The zero-order valence-electron chi connectivity index (χ0n) is 8.59. The lowest BCUT2D eigenvalue weighted by Gasteiger charge is -2.05. The van der Waals surface area contributed by atoms with Gasteiger partial charge in [0.2, 0.25) is 0 Å². The van der Waals surface area contributed by atoms with Crippen LogP contribution in [0.1, 0.15) is 38.0 Å². The van der Waals surface area contributed by atoms with Crippen LogP contribution in [0, 0.1) is 6.92 Å². The second kappa shape index (κ2) is 5.54. The van der Waals surface area contributed by atoms with Crippen molar-refractivity contribution in [2.75, 3.05) is 0 Å². The Morgan fingerprint density at radius 1 is 1.46 bits per heavy atom. The van der Waals surface area contributed by atoms with E-state index in [1.807, 2.05) is 13.8 Å². The first kappa shape index (κ1) is 11.9. The minimum absolute atomic E-state index is 0.208. The number of aliphatic hydroxyl groups excluding tert-OH is 1. The molecule has 13 heavy (non-hydrogen) atoms. The molecule has 74 valence electrons. The average Bonchev–Trinajstić information content (AvgIpc) is 2.07. The SMILES string of the molecule is CC.Cc1cc[nH]c(=O)c1C(C)O. The molecule has 0 amide bonds. The van der Waals surface area contributed by atoms with E-state index in [1.54, 1.807) is 26.1 Å². The average molecular weight is 183 g/mol. The van der Waals surface area contributed by atoms with Crippen molar-refractivity contribution in [2.45, 2.75) is 33.8 Å². The maximum Gasteiger partial charge on any atom is 0.254 e. The van der Waals surface area contributed by atoms with Gasteiger partial charge < -0.3 is 10.1 Å². The molecule has 1 aromatic heterocycles. The van der Waals surface area contributed by atoms with E-state index < -0.39 is 6.10 Å². The van der Waals surface area contributed by atoms with Crippen molar-refractivity contribution in [3.63, 3.8) is 0 Å². The third-order valence-corrected chi connectivity index (χ3v) is 1.64. The summed E-state index contributed by atoms with van der Waals surface area (Å²) in [7, 11) is 0. The molecule has 1 unspecified atom stereocenters. The maximum absolute atomic E-state index is 11.1. The van der Waals surface area contributed by atoms with Gasteiger partial charge in [-0.1, -0.05) is 13.8 Å². The Bertz CT molecular complexity index is 302. The molecule has 0 aromatic carbocycles. The summed E-state index contributed by atoms with van der Waals surface area (Å²) in [4.78, 5) is 13.6. The Labute approximate surface area is 78.4 Å². The van der Waals surface area contributed by atoms with E-state index in [2.05, 4.69) is 4.98 Å². The van der Waals surface area contributed by atoms with Gasteiger partial charge in [0.05, 0.1) is 6.10 Å². The molecular weight excluding hydrogens is 166 g/mol. The minimum Gasteiger partial charge on any atom is -0.388 e. The number of hydrogen-bond acceptors (Lipinski definition) is 2. The first-order chi connectivity index (χ1) is 6.13. The summed E-state index contributed by atoms with van der Waals surface area (Å²) in [5, 5.41) is 9.17. The Balaban J connectivity index is 0.000000671. The van der Waals surface area contributed by atoms with Gasteiger partial charge in [0, 0.05) is 11.8 Å². The van der Waals surface area contributed by atoms with Crippen molar-refractivity contribution in [3.8, 4) is 0 Å². The number of aromatic amines is 1. The zero-order chi connectivity index (χ0) is 10.4. The standard InChI is InChI=1S/C8H11NO2.C2H6/c1-5-3-4-9-8(11)7(5)6(2)10;1-2/h3-4,6,10H,1-2H3,(H,9,11);1-2H3. The topological polar surface area (TPSA) is 53.1 Å². The molecule has 0 aliphatic carbocycles. The van der Waals surface area contributed by atoms with E-state index in [0.717, 1.165) is 5.56 Å². The highest BCUT2D eigenvalue weighted by atomic mass is 16.3. The van der Waals surface area contributed by atoms with Crippen LogP contribution in [-0.2, 0) is 0 Å². The summed E-state index contributed by atoms with van der Waals surface area (Å²) >= 11 is 0. The number of aryl methyl sites for hydroxylation is 1. The summed E-state index contributed by atoms with van der Waals surface area (Å²) in [6, 6.07) is 1.77. The molecule has 0 saturated heterocycles. The van der Waals surface area contributed by atoms with Crippen LogP contribution in [0.2, 0.25) is 0 Å². The highest BCUT2D eigenvalue weighted by molar-refractivity contribution is 5.23. The summed E-state index contributed by atoms with van der Waals surface area (Å²) < 4.78 is 0. The van der Waals surface area contributed by atoms with E-state index in [4.69, 9.17) is 5.11 Å². The van der Waals surface area contributed by atoms with Crippen molar-refractivity contribution in [2.24, 2.45) is 0 Å². The quantitative estimate of drug-likeness (QED) is 0.697. The Morgan fingerprint density at radius 3 is 2.31 bits per heavy atom. The molecule has 2 N–H and O–H groups in total. The summed E-state index contributed by atoms with van der Waals surface area (Å²) in [5.41, 5.74) is 1.07. The smallest absolute Gasteiger partial charge is 0.254 e. The summed E-state index contributed by atoms with van der Waals surface area (Å²) in [6.45, 7) is 7.38. The van der Waals surface area contributed by atoms with Crippen LogP contribution in [0.4, 0.5) is 0 Å². The zero-order valence-corrected chi connectivity index (χ0v) is 8.59. The third kappa shape index (κ3) is 3.03. The van der Waals surface area contributed by atoms with Gasteiger partial charge in [0.15, 0.2) is 0 Å². The Kier molecular flexibility index (Phi) is 5.07. The van der Waals surface area contributed by atoms with Crippen molar-refractivity contribution < 1.29 is 5.11 Å². The normalized spacial score (nSPS) is 11.5.